The zero-order valence-electron chi connectivity index (χ0n) is 15.2. The van der Waals surface area contributed by atoms with Crippen LogP contribution in [0.4, 0.5) is 5.82 Å². The first-order valence-corrected chi connectivity index (χ1v) is 10.2. The van der Waals surface area contributed by atoms with Crippen LogP contribution < -0.4 is 5.32 Å². The first kappa shape index (κ1) is 16.8. The largest absolute Gasteiger partial charge is 0.365 e. The summed E-state index contributed by atoms with van der Waals surface area (Å²) in [4.78, 5) is 23.9. The molecule has 1 N–H and O–H groups in total. The smallest absolute Gasteiger partial charge is 0.225 e. The summed E-state index contributed by atoms with van der Waals surface area (Å²) in [5.74, 6) is 1.69. The number of likely N-dealkylation sites (tertiary alicyclic amines) is 1. The lowest BCUT2D eigenvalue weighted by Crippen LogP contribution is -2.37. The first-order valence-electron chi connectivity index (χ1n) is 10.2. The van der Waals surface area contributed by atoms with Crippen molar-refractivity contribution in [3.8, 4) is 0 Å². The Morgan fingerprint density at radius 2 is 1.80 bits per heavy atom. The summed E-state index contributed by atoms with van der Waals surface area (Å²) >= 11 is 0. The molecule has 1 aromatic rings. The van der Waals surface area contributed by atoms with Gasteiger partial charge in [0.1, 0.15) is 12.1 Å². The van der Waals surface area contributed by atoms with Crippen molar-refractivity contribution in [2.45, 2.75) is 76.7 Å². The van der Waals surface area contributed by atoms with Crippen LogP contribution in [-0.4, -0.2) is 39.9 Å². The van der Waals surface area contributed by atoms with E-state index < -0.39 is 0 Å². The number of hydrogen-bond acceptors (Lipinski definition) is 4. The molecule has 1 saturated carbocycles. The van der Waals surface area contributed by atoms with Crippen LogP contribution in [0.2, 0.25) is 0 Å². The number of nitrogens with zero attached hydrogens (tertiary/aromatic N) is 3. The molecule has 1 aromatic heterocycles. The van der Waals surface area contributed by atoms with Crippen molar-refractivity contribution in [2.75, 3.05) is 18.4 Å². The highest BCUT2D eigenvalue weighted by Crippen LogP contribution is 2.28. The molecule has 1 amide bonds. The van der Waals surface area contributed by atoms with Crippen molar-refractivity contribution in [3.63, 3.8) is 0 Å². The molecule has 0 radical (unpaired) electrons. The Labute approximate surface area is 150 Å². The summed E-state index contributed by atoms with van der Waals surface area (Å²) < 4.78 is 0. The molecule has 4 rings (SSSR count). The lowest BCUT2D eigenvalue weighted by Gasteiger charge is -2.26. The molecule has 136 valence electrons. The zero-order chi connectivity index (χ0) is 17.1. The Morgan fingerprint density at radius 1 is 1.00 bits per heavy atom. The highest BCUT2D eigenvalue weighted by atomic mass is 16.2. The highest BCUT2D eigenvalue weighted by molar-refractivity contribution is 5.79. The summed E-state index contributed by atoms with van der Waals surface area (Å²) in [5.41, 5.74) is 2.54. The Morgan fingerprint density at radius 3 is 2.68 bits per heavy atom. The molecule has 0 bridgehead atoms. The zero-order valence-corrected chi connectivity index (χ0v) is 15.2. The number of carbonyl (C=O) groups is 1. The van der Waals surface area contributed by atoms with Crippen LogP contribution in [0, 0.1) is 5.92 Å². The van der Waals surface area contributed by atoms with Crippen molar-refractivity contribution in [1.82, 2.24) is 14.9 Å². The maximum atomic E-state index is 12.7. The van der Waals surface area contributed by atoms with Crippen LogP contribution in [0.25, 0.3) is 0 Å². The van der Waals surface area contributed by atoms with Gasteiger partial charge >= 0.3 is 0 Å². The molecule has 2 fully saturated rings. The van der Waals surface area contributed by atoms with E-state index in [4.69, 9.17) is 0 Å². The van der Waals surface area contributed by atoms with E-state index in [1.54, 1.807) is 6.33 Å². The van der Waals surface area contributed by atoms with E-state index in [-0.39, 0.29) is 5.92 Å². The molecule has 2 aliphatic carbocycles. The molecule has 1 unspecified atom stereocenters. The number of amides is 1. The normalized spacial score (nSPS) is 24.6. The third-order valence-electron chi connectivity index (χ3n) is 6.17. The van der Waals surface area contributed by atoms with Gasteiger partial charge in [-0.15, -0.1) is 0 Å². The standard InChI is InChI=1S/C20H30N4O/c25-20(15-7-3-1-4-8-15)24-12-11-16(13-24)23-19-17-9-5-2-6-10-18(17)21-14-22-19/h14-16H,1-13H2,(H,21,22,23). The second kappa shape index (κ2) is 7.71. The summed E-state index contributed by atoms with van der Waals surface area (Å²) in [6.07, 6.45) is 14.5. The van der Waals surface area contributed by atoms with E-state index in [0.29, 0.717) is 11.9 Å². The Bertz CT molecular complexity index is 612. The van der Waals surface area contributed by atoms with Crippen LogP contribution in [0.3, 0.4) is 0 Å². The van der Waals surface area contributed by atoms with E-state index in [0.717, 1.165) is 51.0 Å². The monoisotopic (exact) mass is 342 g/mol. The van der Waals surface area contributed by atoms with Gasteiger partial charge in [0.25, 0.3) is 0 Å². The molecule has 5 heteroatoms. The summed E-state index contributed by atoms with van der Waals surface area (Å²) in [6.45, 7) is 1.72. The summed E-state index contributed by atoms with van der Waals surface area (Å²) in [7, 11) is 0. The summed E-state index contributed by atoms with van der Waals surface area (Å²) in [6, 6.07) is 0.329. The van der Waals surface area contributed by atoms with E-state index in [9.17, 15) is 4.79 Å². The average molecular weight is 342 g/mol. The fourth-order valence-corrected chi connectivity index (χ4v) is 4.70. The molecule has 0 aromatic carbocycles. The highest BCUT2D eigenvalue weighted by Gasteiger charge is 2.32. The minimum absolute atomic E-state index is 0.280. The second-order valence-corrected chi connectivity index (χ2v) is 7.96. The van der Waals surface area contributed by atoms with E-state index in [2.05, 4.69) is 20.2 Å². The molecule has 1 atom stereocenters. The number of nitrogens with one attached hydrogen (secondary N) is 1. The fraction of sp³-hybridized carbons (Fsp3) is 0.750. The SMILES string of the molecule is O=C(C1CCCCC1)N1CCC(Nc2ncnc3c2CCCCC3)C1. The van der Waals surface area contributed by atoms with Gasteiger partial charge in [-0.25, -0.2) is 9.97 Å². The van der Waals surface area contributed by atoms with Crippen LogP contribution in [0.1, 0.15) is 69.0 Å². The van der Waals surface area contributed by atoms with E-state index >= 15 is 0 Å². The topological polar surface area (TPSA) is 58.1 Å². The maximum absolute atomic E-state index is 12.7. The quantitative estimate of drug-likeness (QED) is 0.856. The number of fused-ring (bicyclic) bond motifs is 1. The van der Waals surface area contributed by atoms with Gasteiger partial charge in [0.15, 0.2) is 0 Å². The minimum atomic E-state index is 0.280. The molecule has 1 aliphatic heterocycles. The van der Waals surface area contributed by atoms with Crippen molar-refractivity contribution in [2.24, 2.45) is 5.92 Å². The van der Waals surface area contributed by atoms with Crippen molar-refractivity contribution < 1.29 is 4.79 Å². The van der Waals surface area contributed by atoms with E-state index in [1.165, 1.54) is 49.8 Å². The predicted molar refractivity (Wildman–Crippen MR) is 98.5 cm³/mol. The molecule has 0 spiro atoms. The molecule has 5 nitrogen and oxygen atoms in total. The van der Waals surface area contributed by atoms with Gasteiger partial charge in [0.05, 0.1) is 0 Å². The van der Waals surface area contributed by atoms with Gasteiger partial charge in [-0.2, -0.15) is 0 Å². The van der Waals surface area contributed by atoms with Gasteiger partial charge in [-0.1, -0.05) is 25.7 Å². The number of anilines is 1. The van der Waals surface area contributed by atoms with Gasteiger partial charge in [0, 0.05) is 36.3 Å². The van der Waals surface area contributed by atoms with Gasteiger partial charge in [-0.05, 0) is 44.9 Å². The van der Waals surface area contributed by atoms with Crippen molar-refractivity contribution in [3.05, 3.63) is 17.6 Å². The maximum Gasteiger partial charge on any atom is 0.225 e. The van der Waals surface area contributed by atoms with E-state index in [1.807, 2.05) is 0 Å². The molecule has 2 heterocycles. The third-order valence-corrected chi connectivity index (χ3v) is 6.17. The minimum Gasteiger partial charge on any atom is -0.365 e. The van der Waals surface area contributed by atoms with Gasteiger partial charge < -0.3 is 10.2 Å². The molecule has 1 saturated heterocycles. The second-order valence-electron chi connectivity index (χ2n) is 7.96. The number of carbonyl (C=O) groups excluding carboxylic acids is 1. The van der Waals surface area contributed by atoms with Crippen molar-refractivity contribution in [1.29, 1.82) is 0 Å². The number of aromatic nitrogens is 2. The van der Waals surface area contributed by atoms with Gasteiger partial charge in [0.2, 0.25) is 5.91 Å². The Balaban J connectivity index is 1.39. The molecule has 3 aliphatic rings. The van der Waals surface area contributed by atoms with Crippen LogP contribution in [-0.2, 0) is 17.6 Å². The van der Waals surface area contributed by atoms with Crippen LogP contribution in [0.15, 0.2) is 6.33 Å². The van der Waals surface area contributed by atoms with Crippen molar-refractivity contribution >= 4 is 11.7 Å². The Hall–Kier alpha value is -1.65. The number of aryl methyl sites for hydroxylation is 1. The fourth-order valence-electron chi connectivity index (χ4n) is 4.70. The van der Waals surface area contributed by atoms with Gasteiger partial charge in [-0.3, -0.25) is 4.79 Å². The lowest BCUT2D eigenvalue weighted by molar-refractivity contribution is -0.135. The molecule has 25 heavy (non-hydrogen) atoms. The lowest BCUT2D eigenvalue weighted by atomic mass is 9.88. The molecular formula is C20H30N4O. The number of hydrogen-bond donors (Lipinski definition) is 1. The van der Waals surface area contributed by atoms with Crippen LogP contribution >= 0.6 is 0 Å². The number of rotatable bonds is 3. The summed E-state index contributed by atoms with van der Waals surface area (Å²) in [5, 5.41) is 3.64. The third kappa shape index (κ3) is 3.80. The molecular weight excluding hydrogens is 312 g/mol. The average Bonchev–Trinajstić information content (AvgIpc) is 2.97. The van der Waals surface area contributed by atoms with Crippen LogP contribution in [0.5, 0.6) is 0 Å². The predicted octanol–water partition coefficient (Wildman–Crippen LogP) is 3.34. The Kier molecular flexibility index (Phi) is 5.18. The first-order chi connectivity index (χ1) is 12.3.